The van der Waals surface area contributed by atoms with Crippen LogP contribution in [-0.4, -0.2) is 26.4 Å². The monoisotopic (exact) mass is 364 g/mol. The molecule has 0 heterocycles. The Hall–Kier alpha value is -2.29. The summed E-state index contributed by atoms with van der Waals surface area (Å²) in [5.74, 6) is 0.0970. The van der Waals surface area contributed by atoms with Crippen LogP contribution in [0.5, 0.6) is 5.75 Å². The van der Waals surface area contributed by atoms with E-state index < -0.39 is 11.1 Å². The summed E-state index contributed by atoms with van der Waals surface area (Å²) in [6.45, 7) is 2.29. The largest absolute Gasteiger partial charge is 0.493 e. The van der Waals surface area contributed by atoms with E-state index >= 15 is 0 Å². The summed E-state index contributed by atoms with van der Waals surface area (Å²) in [4.78, 5) is 12.6. The van der Waals surface area contributed by atoms with Gasteiger partial charge in [-0.2, -0.15) is 0 Å². The predicted octanol–water partition coefficient (Wildman–Crippen LogP) is 2.79. The van der Waals surface area contributed by atoms with Crippen LogP contribution in [0.2, 0.25) is 0 Å². The second-order valence-corrected chi connectivity index (χ2v) is 5.99. The Bertz CT molecular complexity index is 763. The fraction of sp³-hybridized carbons (Fsp3) is 0.125. The minimum absolute atomic E-state index is 0.115. The molecule has 0 radical (unpaired) electrons. The first-order valence-corrected chi connectivity index (χ1v) is 8.58. The summed E-state index contributed by atoms with van der Waals surface area (Å²) in [5.41, 5.74) is 0.974. The van der Waals surface area contributed by atoms with Gasteiger partial charge in [0.05, 0.1) is 17.1 Å². The smallest absolute Gasteiger partial charge is 0.261 e. The summed E-state index contributed by atoms with van der Waals surface area (Å²) in [5, 5.41) is 5.53. The third-order valence-corrected chi connectivity index (χ3v) is 3.85. The highest BCUT2D eigenvalue weighted by Crippen LogP contribution is 2.18. The summed E-state index contributed by atoms with van der Waals surface area (Å²) in [7, 11) is 0. The maximum atomic E-state index is 12.3. The van der Waals surface area contributed by atoms with Crippen molar-refractivity contribution >= 4 is 40.0 Å². The summed E-state index contributed by atoms with van der Waals surface area (Å²) in [6.07, 6.45) is 0. The van der Waals surface area contributed by atoms with E-state index in [1.807, 2.05) is 6.92 Å². The van der Waals surface area contributed by atoms with Gasteiger partial charge in [0.2, 0.25) is 0 Å². The number of ether oxygens (including phenoxy) is 1. The molecule has 2 rings (SSSR count). The Morgan fingerprint density at radius 2 is 1.88 bits per heavy atom. The van der Waals surface area contributed by atoms with Crippen LogP contribution in [0.3, 0.4) is 0 Å². The minimum Gasteiger partial charge on any atom is -0.493 e. The van der Waals surface area contributed by atoms with Gasteiger partial charge >= 0.3 is 0 Å². The molecular weight excluding hydrogens is 348 g/mol. The molecular formula is C16H16N2O4S2. The highest BCUT2D eigenvalue weighted by molar-refractivity contribution is 7.80. The lowest BCUT2D eigenvalue weighted by molar-refractivity contribution is 0.0974. The van der Waals surface area contributed by atoms with Crippen molar-refractivity contribution in [1.82, 2.24) is 5.32 Å². The van der Waals surface area contributed by atoms with E-state index in [-0.39, 0.29) is 15.9 Å². The van der Waals surface area contributed by atoms with Crippen molar-refractivity contribution in [3.8, 4) is 5.75 Å². The summed E-state index contributed by atoms with van der Waals surface area (Å²) < 4.78 is 25.3. The van der Waals surface area contributed by atoms with Crippen LogP contribution in [0.15, 0.2) is 53.4 Å². The number of carbonyl (C=O) groups is 1. The molecule has 8 heteroatoms. The van der Waals surface area contributed by atoms with Gasteiger partial charge in [-0.1, -0.05) is 12.1 Å². The first kappa shape index (κ1) is 18.1. The maximum absolute atomic E-state index is 12.3. The molecule has 2 aromatic carbocycles. The van der Waals surface area contributed by atoms with Gasteiger partial charge in [0, 0.05) is 5.69 Å². The summed E-state index contributed by atoms with van der Waals surface area (Å²) in [6, 6.07) is 13.1. The molecule has 1 unspecified atom stereocenters. The van der Waals surface area contributed by atoms with Crippen LogP contribution < -0.4 is 15.4 Å². The van der Waals surface area contributed by atoms with Crippen molar-refractivity contribution < 1.29 is 18.3 Å². The third kappa shape index (κ3) is 4.85. The minimum atomic E-state index is -2.03. The molecule has 0 aliphatic heterocycles. The highest BCUT2D eigenvalue weighted by atomic mass is 32.2. The van der Waals surface area contributed by atoms with Crippen molar-refractivity contribution in [3.05, 3.63) is 54.1 Å². The standard InChI is InChI=1S/C16H16N2O4S2/c1-2-22-14-6-4-3-5-13(14)15(19)18-16(23)17-11-7-9-12(10-8-11)24(20)21/h3-10H,2H2,1H3,(H,20,21)(H2,17,18,19,23). The number of rotatable bonds is 5. The van der Waals surface area contributed by atoms with Crippen LogP contribution in [-0.2, 0) is 11.1 Å². The van der Waals surface area contributed by atoms with Crippen LogP contribution in [0.25, 0.3) is 0 Å². The SMILES string of the molecule is CCOc1ccccc1C(=O)NC(=S)Nc1ccc(S(=O)O)cc1. The highest BCUT2D eigenvalue weighted by Gasteiger charge is 2.13. The zero-order valence-corrected chi connectivity index (χ0v) is 14.4. The number of anilines is 1. The van der Waals surface area contributed by atoms with E-state index in [2.05, 4.69) is 10.6 Å². The molecule has 1 amide bonds. The zero-order valence-electron chi connectivity index (χ0n) is 12.8. The van der Waals surface area contributed by atoms with Crippen molar-refractivity contribution in [1.29, 1.82) is 0 Å². The van der Waals surface area contributed by atoms with E-state index in [1.165, 1.54) is 12.1 Å². The third-order valence-electron chi connectivity index (χ3n) is 2.97. The number of thiocarbonyl (C=S) groups is 1. The number of carbonyl (C=O) groups excluding carboxylic acids is 1. The topological polar surface area (TPSA) is 87.7 Å². The fourth-order valence-electron chi connectivity index (χ4n) is 1.92. The molecule has 0 aliphatic rings. The predicted molar refractivity (Wildman–Crippen MR) is 96.8 cm³/mol. The van der Waals surface area contributed by atoms with E-state index in [0.717, 1.165) is 0 Å². The molecule has 3 N–H and O–H groups in total. The Morgan fingerprint density at radius 3 is 2.50 bits per heavy atom. The van der Waals surface area contributed by atoms with E-state index in [1.54, 1.807) is 36.4 Å². The van der Waals surface area contributed by atoms with Gasteiger partial charge in [-0.25, -0.2) is 4.21 Å². The molecule has 0 fully saturated rings. The molecule has 0 saturated heterocycles. The lowest BCUT2D eigenvalue weighted by Crippen LogP contribution is -2.34. The molecule has 0 saturated carbocycles. The number of para-hydroxylation sites is 1. The molecule has 126 valence electrons. The van der Waals surface area contributed by atoms with Gasteiger partial charge in [-0.3, -0.25) is 10.1 Å². The van der Waals surface area contributed by atoms with Gasteiger partial charge in [-0.05, 0) is 55.5 Å². The number of hydrogen-bond donors (Lipinski definition) is 3. The van der Waals surface area contributed by atoms with Gasteiger partial charge in [0.15, 0.2) is 16.2 Å². The molecule has 0 spiro atoms. The molecule has 0 aliphatic carbocycles. The molecule has 0 aromatic heterocycles. The number of nitrogens with one attached hydrogen (secondary N) is 2. The first-order chi connectivity index (χ1) is 11.5. The quantitative estimate of drug-likeness (QED) is 0.559. The van der Waals surface area contributed by atoms with Gasteiger partial charge in [0.1, 0.15) is 5.75 Å². The second-order valence-electron chi connectivity index (χ2n) is 4.61. The van der Waals surface area contributed by atoms with Crippen LogP contribution >= 0.6 is 12.2 Å². The number of benzene rings is 2. The number of hydrogen-bond acceptors (Lipinski definition) is 4. The molecule has 24 heavy (non-hydrogen) atoms. The second kappa shape index (κ2) is 8.53. The average molecular weight is 364 g/mol. The van der Waals surface area contributed by atoms with Crippen molar-refractivity contribution in [2.75, 3.05) is 11.9 Å². The lowest BCUT2D eigenvalue weighted by atomic mass is 10.2. The van der Waals surface area contributed by atoms with E-state index in [9.17, 15) is 9.00 Å². The van der Waals surface area contributed by atoms with Crippen LogP contribution in [0, 0.1) is 0 Å². The van der Waals surface area contributed by atoms with Crippen LogP contribution in [0.4, 0.5) is 5.69 Å². The van der Waals surface area contributed by atoms with Gasteiger partial charge in [-0.15, -0.1) is 0 Å². The first-order valence-electron chi connectivity index (χ1n) is 7.06. The van der Waals surface area contributed by atoms with E-state index in [0.29, 0.717) is 23.6 Å². The lowest BCUT2D eigenvalue weighted by Gasteiger charge is -2.12. The van der Waals surface area contributed by atoms with Crippen LogP contribution in [0.1, 0.15) is 17.3 Å². The Labute approximate surface area is 147 Å². The normalized spacial score (nSPS) is 11.4. The van der Waals surface area contributed by atoms with E-state index in [4.69, 9.17) is 21.5 Å². The van der Waals surface area contributed by atoms with Gasteiger partial charge < -0.3 is 14.6 Å². The Kier molecular flexibility index (Phi) is 6.42. The van der Waals surface area contributed by atoms with Crippen molar-refractivity contribution in [3.63, 3.8) is 0 Å². The van der Waals surface area contributed by atoms with Crippen molar-refractivity contribution in [2.24, 2.45) is 0 Å². The Balaban J connectivity index is 2.01. The van der Waals surface area contributed by atoms with Gasteiger partial charge in [0.25, 0.3) is 5.91 Å². The summed E-state index contributed by atoms with van der Waals surface area (Å²) >= 11 is 3.08. The fourth-order valence-corrected chi connectivity index (χ4v) is 2.50. The van der Waals surface area contributed by atoms with Crippen molar-refractivity contribution in [2.45, 2.75) is 11.8 Å². The molecule has 2 aromatic rings. The zero-order chi connectivity index (χ0) is 17.5. The molecule has 6 nitrogen and oxygen atoms in total. The molecule has 0 bridgehead atoms. The maximum Gasteiger partial charge on any atom is 0.261 e. The number of amides is 1. The molecule has 1 atom stereocenters. The average Bonchev–Trinajstić information content (AvgIpc) is 2.56. The Morgan fingerprint density at radius 1 is 1.21 bits per heavy atom.